The van der Waals surface area contributed by atoms with Gasteiger partial charge in [-0.05, 0) is 26.7 Å². The van der Waals surface area contributed by atoms with Gasteiger partial charge in [0.25, 0.3) is 5.89 Å². The van der Waals surface area contributed by atoms with Crippen LogP contribution in [0, 0.1) is 6.92 Å². The van der Waals surface area contributed by atoms with E-state index in [0.717, 1.165) is 41.5 Å². The zero-order valence-corrected chi connectivity index (χ0v) is 16.4. The molecular weight excluding hydrogens is 368 g/mol. The van der Waals surface area contributed by atoms with E-state index in [2.05, 4.69) is 25.6 Å². The molecule has 1 saturated carbocycles. The first-order valence-corrected chi connectivity index (χ1v) is 10.9. The summed E-state index contributed by atoms with van der Waals surface area (Å²) < 4.78 is 30.7. The van der Waals surface area contributed by atoms with E-state index < -0.39 is 15.1 Å². The molecule has 0 atom stereocenters. The van der Waals surface area contributed by atoms with Crippen molar-refractivity contribution < 1.29 is 12.8 Å². The second-order valence-electron chi connectivity index (χ2n) is 6.92. The Kier molecular flexibility index (Phi) is 4.37. The molecule has 3 aromatic rings. The molecule has 10 heteroatoms. The second-order valence-corrected chi connectivity index (χ2v) is 8.81. The van der Waals surface area contributed by atoms with Gasteiger partial charge in [0.05, 0.1) is 22.3 Å². The number of fused-ring (bicyclic) bond motifs is 1. The van der Waals surface area contributed by atoms with Gasteiger partial charge in [0.1, 0.15) is 0 Å². The maximum Gasteiger partial charge on any atom is 0.335 e. The highest BCUT2D eigenvalue weighted by atomic mass is 32.2. The van der Waals surface area contributed by atoms with Crippen LogP contribution in [0.5, 0.6) is 0 Å². The SMILES string of the molecule is CCn1nc(C)c2c(NC3CCCC3)c(-c3nnc(S(C)(=O)=O)o3)cnc21. The van der Waals surface area contributed by atoms with Gasteiger partial charge in [0.15, 0.2) is 5.65 Å². The Morgan fingerprint density at radius 2 is 2.04 bits per heavy atom. The lowest BCUT2D eigenvalue weighted by Crippen LogP contribution is -2.16. The van der Waals surface area contributed by atoms with E-state index in [-0.39, 0.29) is 5.89 Å². The fraction of sp³-hybridized carbons (Fsp3) is 0.529. The number of aryl methyl sites for hydroxylation is 2. The summed E-state index contributed by atoms with van der Waals surface area (Å²) in [7, 11) is -3.57. The van der Waals surface area contributed by atoms with Crippen LogP contribution in [0.15, 0.2) is 15.8 Å². The number of sulfone groups is 1. The van der Waals surface area contributed by atoms with Gasteiger partial charge in [-0.25, -0.2) is 18.1 Å². The average Bonchev–Trinajstić information content (AvgIpc) is 3.34. The third-order valence-electron chi connectivity index (χ3n) is 4.89. The van der Waals surface area contributed by atoms with Crippen molar-refractivity contribution in [3.05, 3.63) is 11.9 Å². The van der Waals surface area contributed by atoms with Crippen LogP contribution in [0.25, 0.3) is 22.5 Å². The average molecular weight is 390 g/mol. The number of aromatic nitrogens is 5. The summed E-state index contributed by atoms with van der Waals surface area (Å²) in [5, 5.41) is 16.3. The standard InChI is InChI=1S/C17H22N6O3S/c1-4-23-15-13(10(2)22-23)14(19-11-7-5-6-8-11)12(9-18-15)16-20-21-17(26-16)27(3,24)25/h9,11H,4-8H2,1-3H3,(H,18,19). The van der Waals surface area contributed by atoms with Crippen molar-refractivity contribution in [2.45, 2.75) is 57.3 Å². The first-order chi connectivity index (χ1) is 12.9. The molecule has 1 N–H and O–H groups in total. The lowest BCUT2D eigenvalue weighted by atomic mass is 10.1. The van der Waals surface area contributed by atoms with Gasteiger partial charge >= 0.3 is 5.22 Å². The molecule has 0 amide bonds. The van der Waals surface area contributed by atoms with Crippen LogP contribution < -0.4 is 5.32 Å². The van der Waals surface area contributed by atoms with E-state index in [4.69, 9.17) is 4.42 Å². The summed E-state index contributed by atoms with van der Waals surface area (Å²) in [4.78, 5) is 4.54. The van der Waals surface area contributed by atoms with Crippen molar-refractivity contribution in [3.63, 3.8) is 0 Å². The highest BCUT2D eigenvalue weighted by molar-refractivity contribution is 7.90. The number of pyridine rings is 1. The number of nitrogens with zero attached hydrogens (tertiary/aromatic N) is 5. The summed E-state index contributed by atoms with van der Waals surface area (Å²) in [6.45, 7) is 4.66. The lowest BCUT2D eigenvalue weighted by molar-refractivity contribution is 0.442. The van der Waals surface area contributed by atoms with Gasteiger partial charge in [-0.2, -0.15) is 5.10 Å². The highest BCUT2D eigenvalue weighted by Crippen LogP contribution is 2.37. The van der Waals surface area contributed by atoms with Gasteiger partial charge in [0, 0.05) is 25.0 Å². The van der Waals surface area contributed by atoms with Gasteiger partial charge in [-0.3, -0.25) is 0 Å². The normalized spacial score (nSPS) is 15.7. The Hall–Kier alpha value is -2.49. The first-order valence-electron chi connectivity index (χ1n) is 9.05. The number of hydrogen-bond donors (Lipinski definition) is 1. The molecule has 1 aliphatic rings. The fourth-order valence-corrected chi connectivity index (χ4v) is 4.01. The van der Waals surface area contributed by atoms with Crippen molar-refractivity contribution in [2.24, 2.45) is 0 Å². The maximum absolute atomic E-state index is 11.7. The molecule has 0 unspecified atom stereocenters. The minimum Gasteiger partial charge on any atom is -0.408 e. The molecule has 0 bridgehead atoms. The van der Waals surface area contributed by atoms with Crippen LogP contribution in [-0.4, -0.2) is 45.7 Å². The third-order valence-corrected chi connectivity index (χ3v) is 5.69. The molecule has 0 spiro atoms. The molecule has 3 heterocycles. The second kappa shape index (κ2) is 6.59. The topological polar surface area (TPSA) is 116 Å². The predicted molar refractivity (Wildman–Crippen MR) is 100 cm³/mol. The Balaban J connectivity index is 1.91. The maximum atomic E-state index is 11.7. The largest absolute Gasteiger partial charge is 0.408 e. The van der Waals surface area contributed by atoms with Crippen LogP contribution >= 0.6 is 0 Å². The zero-order chi connectivity index (χ0) is 19.2. The lowest BCUT2D eigenvalue weighted by Gasteiger charge is -2.17. The van der Waals surface area contributed by atoms with Crippen LogP contribution in [0.1, 0.15) is 38.3 Å². The Morgan fingerprint density at radius 3 is 2.67 bits per heavy atom. The summed E-state index contributed by atoms with van der Waals surface area (Å²) in [6, 6.07) is 0.344. The monoisotopic (exact) mass is 390 g/mol. The van der Waals surface area contributed by atoms with Crippen LogP contribution in [0.3, 0.4) is 0 Å². The van der Waals surface area contributed by atoms with Crippen molar-refractivity contribution >= 4 is 26.6 Å². The molecule has 1 aliphatic carbocycles. The molecule has 27 heavy (non-hydrogen) atoms. The van der Waals surface area contributed by atoms with E-state index in [1.807, 2.05) is 18.5 Å². The molecule has 1 fully saturated rings. The van der Waals surface area contributed by atoms with Gasteiger partial charge in [-0.1, -0.05) is 17.9 Å². The van der Waals surface area contributed by atoms with E-state index in [1.54, 1.807) is 6.20 Å². The molecule has 9 nitrogen and oxygen atoms in total. The van der Waals surface area contributed by atoms with Crippen molar-refractivity contribution in [2.75, 3.05) is 11.6 Å². The molecule has 0 saturated heterocycles. The highest BCUT2D eigenvalue weighted by Gasteiger charge is 2.25. The Morgan fingerprint density at radius 1 is 1.30 bits per heavy atom. The summed E-state index contributed by atoms with van der Waals surface area (Å²) in [6.07, 6.45) is 7.23. The number of nitrogens with one attached hydrogen (secondary N) is 1. The molecule has 144 valence electrons. The Labute approximate surface area is 157 Å². The molecular formula is C17H22N6O3S. The predicted octanol–water partition coefficient (Wildman–Crippen LogP) is 2.57. The summed E-state index contributed by atoms with van der Waals surface area (Å²) in [5.41, 5.74) is 3.05. The van der Waals surface area contributed by atoms with Gasteiger partial charge < -0.3 is 9.73 Å². The van der Waals surface area contributed by atoms with E-state index in [9.17, 15) is 8.42 Å². The molecule has 0 aromatic carbocycles. The van der Waals surface area contributed by atoms with Crippen molar-refractivity contribution in [1.82, 2.24) is 25.0 Å². The summed E-state index contributed by atoms with van der Waals surface area (Å²) in [5.74, 6) is 0.133. The van der Waals surface area contributed by atoms with Crippen LogP contribution in [0.2, 0.25) is 0 Å². The Bertz CT molecular complexity index is 1100. The van der Waals surface area contributed by atoms with Crippen LogP contribution in [0.4, 0.5) is 5.69 Å². The minimum absolute atomic E-state index is 0.133. The molecule has 3 aromatic heterocycles. The number of hydrogen-bond acceptors (Lipinski definition) is 8. The van der Waals surface area contributed by atoms with Gasteiger partial charge in [0.2, 0.25) is 9.84 Å². The molecule has 4 rings (SSSR count). The first kappa shape index (κ1) is 17.9. The van der Waals surface area contributed by atoms with Gasteiger partial charge in [-0.15, -0.1) is 5.10 Å². The van der Waals surface area contributed by atoms with E-state index in [1.165, 1.54) is 12.8 Å². The quantitative estimate of drug-likeness (QED) is 0.706. The van der Waals surface area contributed by atoms with E-state index in [0.29, 0.717) is 18.2 Å². The smallest absolute Gasteiger partial charge is 0.335 e. The van der Waals surface area contributed by atoms with Crippen LogP contribution in [-0.2, 0) is 16.4 Å². The summed E-state index contributed by atoms with van der Waals surface area (Å²) >= 11 is 0. The van der Waals surface area contributed by atoms with E-state index >= 15 is 0 Å². The fourth-order valence-electron chi connectivity index (χ4n) is 3.59. The van der Waals surface area contributed by atoms with Crippen molar-refractivity contribution in [1.29, 1.82) is 0 Å². The zero-order valence-electron chi connectivity index (χ0n) is 15.6. The molecule has 0 radical (unpaired) electrons. The number of rotatable bonds is 5. The third kappa shape index (κ3) is 3.18. The minimum atomic E-state index is -3.57. The van der Waals surface area contributed by atoms with Crippen molar-refractivity contribution in [3.8, 4) is 11.5 Å². The molecule has 0 aliphatic heterocycles. The number of anilines is 1.